The summed E-state index contributed by atoms with van der Waals surface area (Å²) in [6.07, 6.45) is -3.77. The zero-order valence-electron chi connectivity index (χ0n) is 28.6. The smallest absolute Gasteiger partial charge is 0.416 e. The van der Waals surface area contributed by atoms with E-state index in [1.54, 1.807) is 51.8 Å². The van der Waals surface area contributed by atoms with Crippen molar-refractivity contribution in [3.05, 3.63) is 40.9 Å². The van der Waals surface area contributed by atoms with Gasteiger partial charge in [0.05, 0.1) is 23.6 Å². The summed E-state index contributed by atoms with van der Waals surface area (Å²) < 4.78 is 72.7. The minimum atomic E-state index is -4.53. The summed E-state index contributed by atoms with van der Waals surface area (Å²) in [7, 11) is -2.26. The van der Waals surface area contributed by atoms with Gasteiger partial charge in [-0.1, -0.05) is 32.9 Å². The maximum absolute atomic E-state index is 14.4. The molecular formula is C32H44F3N5O6S2. The zero-order chi connectivity index (χ0) is 36.1. The molecule has 11 nitrogen and oxygen atoms in total. The first-order valence-corrected chi connectivity index (χ1v) is 18.3. The number of aromatic nitrogens is 1. The molecular weight excluding hydrogens is 672 g/mol. The lowest BCUT2D eigenvalue weighted by molar-refractivity contribution is -0.141. The number of nitrogens with one attached hydrogen (secondary N) is 1. The van der Waals surface area contributed by atoms with Crippen molar-refractivity contribution in [2.75, 3.05) is 26.4 Å². The SMILES string of the molecule is C[C@@H](C(=O)NC(C(=O)N1CC[C@@H]2[C@H]1[C@@H](c1csc(-c3cccc(C(F)(F)F)c3)n1)CN2S(C)(=O)=O)C(C)(C)C)N(C)C(=O)OC(C)(C)C. The number of rotatable bonds is 7. The summed E-state index contributed by atoms with van der Waals surface area (Å²) in [5.41, 5.74) is -1.62. The monoisotopic (exact) mass is 715 g/mol. The molecule has 1 aromatic carbocycles. The molecule has 2 fully saturated rings. The Morgan fingerprint density at radius 2 is 1.77 bits per heavy atom. The van der Waals surface area contributed by atoms with E-state index in [2.05, 4.69) is 10.3 Å². The number of fused-ring (bicyclic) bond motifs is 1. The van der Waals surface area contributed by atoms with E-state index >= 15 is 0 Å². The fourth-order valence-electron chi connectivity index (χ4n) is 6.11. The lowest BCUT2D eigenvalue weighted by Crippen LogP contribution is -2.59. The molecule has 2 aliphatic heterocycles. The molecule has 3 amide bonds. The zero-order valence-corrected chi connectivity index (χ0v) is 30.2. The van der Waals surface area contributed by atoms with Gasteiger partial charge in [-0.3, -0.25) is 14.5 Å². The molecule has 1 N–H and O–H groups in total. The Kier molecular flexibility index (Phi) is 10.4. The third-order valence-electron chi connectivity index (χ3n) is 8.67. The molecule has 2 aliphatic rings. The van der Waals surface area contributed by atoms with Crippen molar-refractivity contribution in [3.63, 3.8) is 0 Å². The van der Waals surface area contributed by atoms with Crippen LogP contribution in [0.5, 0.6) is 0 Å². The molecule has 48 heavy (non-hydrogen) atoms. The van der Waals surface area contributed by atoms with E-state index in [1.165, 1.54) is 30.4 Å². The lowest BCUT2D eigenvalue weighted by atomic mass is 9.85. The van der Waals surface area contributed by atoms with Crippen LogP contribution in [0.25, 0.3) is 10.6 Å². The molecule has 3 heterocycles. The number of halogens is 3. The van der Waals surface area contributed by atoms with Crippen LogP contribution in [0.2, 0.25) is 0 Å². The fraction of sp³-hybridized carbons (Fsp3) is 0.625. The Hall–Kier alpha value is -3.24. The molecule has 266 valence electrons. The number of benzene rings is 1. The van der Waals surface area contributed by atoms with Gasteiger partial charge in [-0.05, 0) is 51.7 Å². The Labute approximate surface area is 283 Å². The van der Waals surface area contributed by atoms with Crippen molar-refractivity contribution >= 4 is 39.3 Å². The van der Waals surface area contributed by atoms with Crippen LogP contribution >= 0.6 is 11.3 Å². The van der Waals surface area contributed by atoms with E-state index in [9.17, 15) is 36.0 Å². The maximum atomic E-state index is 14.4. The molecule has 2 aromatic rings. The van der Waals surface area contributed by atoms with Gasteiger partial charge < -0.3 is 15.0 Å². The van der Waals surface area contributed by atoms with E-state index in [4.69, 9.17) is 4.74 Å². The molecule has 0 saturated carbocycles. The number of alkyl halides is 3. The first-order chi connectivity index (χ1) is 21.9. The van der Waals surface area contributed by atoms with Crippen molar-refractivity contribution in [1.82, 2.24) is 24.4 Å². The van der Waals surface area contributed by atoms with Gasteiger partial charge in [-0.2, -0.15) is 17.5 Å². The normalized spacial score (nSPS) is 21.8. The second-order valence-corrected chi connectivity index (χ2v) is 17.3. The van der Waals surface area contributed by atoms with Gasteiger partial charge in [0, 0.05) is 43.0 Å². The Balaban J connectivity index is 1.64. The van der Waals surface area contributed by atoms with Gasteiger partial charge in [-0.25, -0.2) is 18.2 Å². The first kappa shape index (κ1) is 37.6. The molecule has 0 radical (unpaired) electrons. The van der Waals surface area contributed by atoms with Crippen LogP contribution in [0.4, 0.5) is 18.0 Å². The van der Waals surface area contributed by atoms with Crippen LogP contribution in [0, 0.1) is 5.41 Å². The van der Waals surface area contributed by atoms with Crippen molar-refractivity contribution in [2.45, 2.75) is 96.7 Å². The van der Waals surface area contributed by atoms with Crippen LogP contribution in [-0.2, 0) is 30.5 Å². The second kappa shape index (κ2) is 13.2. The Morgan fingerprint density at radius 3 is 2.33 bits per heavy atom. The van der Waals surface area contributed by atoms with Crippen molar-refractivity contribution < 1.29 is 40.7 Å². The summed E-state index contributed by atoms with van der Waals surface area (Å²) in [4.78, 5) is 47.9. The minimum Gasteiger partial charge on any atom is -0.444 e. The molecule has 5 atom stereocenters. The third-order valence-corrected chi connectivity index (χ3v) is 10.8. The number of amides is 3. The van der Waals surface area contributed by atoms with Crippen LogP contribution < -0.4 is 5.32 Å². The largest absolute Gasteiger partial charge is 0.444 e. The summed E-state index contributed by atoms with van der Waals surface area (Å²) >= 11 is 1.14. The second-order valence-electron chi connectivity index (χ2n) is 14.5. The van der Waals surface area contributed by atoms with Gasteiger partial charge in [0.2, 0.25) is 21.8 Å². The minimum absolute atomic E-state index is 0.0357. The molecule has 0 aliphatic carbocycles. The van der Waals surface area contributed by atoms with Gasteiger partial charge in [0.25, 0.3) is 0 Å². The summed E-state index contributed by atoms with van der Waals surface area (Å²) in [5, 5.41) is 4.87. The fourth-order valence-corrected chi connectivity index (χ4v) is 8.14. The van der Waals surface area contributed by atoms with E-state index < -0.39 is 80.8 Å². The maximum Gasteiger partial charge on any atom is 0.416 e. The van der Waals surface area contributed by atoms with Crippen molar-refractivity contribution in [2.24, 2.45) is 5.41 Å². The third kappa shape index (κ3) is 8.13. The number of hydrogen-bond donors (Lipinski definition) is 1. The number of likely N-dealkylation sites (N-methyl/N-ethyl adjacent to an activating group) is 1. The van der Waals surface area contributed by atoms with Gasteiger partial charge in [0.15, 0.2) is 0 Å². The Morgan fingerprint density at radius 1 is 1.12 bits per heavy atom. The quantitative estimate of drug-likeness (QED) is 0.430. The standard InChI is InChI=1S/C32H44F3N5O6S2/c1-18(38(8)29(43)46-31(5,6)7)26(41)37-25(30(2,3)4)28(42)39-14-13-23-24(39)21(16-40(23)48(9,44)45)22-17-47-27(36-22)19-11-10-12-20(15-19)32(33,34)35/h10-12,15,17-18,21,23-25H,13-14,16H2,1-9H3,(H,37,41)/t18-,21+,23+,24+,25?/m0/s1. The van der Waals surface area contributed by atoms with Crippen molar-refractivity contribution in [3.8, 4) is 10.6 Å². The number of hydrogen-bond acceptors (Lipinski definition) is 8. The number of nitrogens with zero attached hydrogens (tertiary/aromatic N) is 4. The highest BCUT2D eigenvalue weighted by molar-refractivity contribution is 7.88. The number of carbonyl (C=O) groups is 3. The Bertz CT molecular complexity index is 1650. The molecule has 4 rings (SSSR count). The average molecular weight is 716 g/mol. The van der Waals surface area contributed by atoms with Gasteiger partial charge in [0.1, 0.15) is 22.7 Å². The molecule has 16 heteroatoms. The predicted molar refractivity (Wildman–Crippen MR) is 176 cm³/mol. The van der Waals surface area contributed by atoms with E-state index in [0.29, 0.717) is 17.1 Å². The van der Waals surface area contributed by atoms with Gasteiger partial charge >= 0.3 is 12.3 Å². The van der Waals surface area contributed by atoms with Crippen LogP contribution in [0.15, 0.2) is 29.6 Å². The van der Waals surface area contributed by atoms with E-state index in [-0.39, 0.29) is 18.7 Å². The van der Waals surface area contributed by atoms with Gasteiger partial charge in [-0.15, -0.1) is 11.3 Å². The summed E-state index contributed by atoms with van der Waals surface area (Å²) in [6.45, 7) is 12.3. The van der Waals surface area contributed by atoms with Crippen LogP contribution in [0.3, 0.4) is 0 Å². The molecule has 1 aromatic heterocycles. The van der Waals surface area contributed by atoms with Crippen molar-refractivity contribution in [1.29, 1.82) is 0 Å². The number of likely N-dealkylation sites (tertiary alicyclic amines) is 1. The molecule has 1 unspecified atom stereocenters. The predicted octanol–water partition coefficient (Wildman–Crippen LogP) is 4.94. The van der Waals surface area contributed by atoms with Crippen LogP contribution in [0.1, 0.15) is 72.1 Å². The number of sulfonamides is 1. The molecule has 2 saturated heterocycles. The number of ether oxygens (including phenoxy) is 1. The summed E-state index contributed by atoms with van der Waals surface area (Å²) in [6, 6.07) is 1.63. The lowest BCUT2D eigenvalue weighted by Gasteiger charge is -2.38. The molecule has 0 spiro atoms. The topological polar surface area (TPSA) is 129 Å². The summed E-state index contributed by atoms with van der Waals surface area (Å²) in [5.74, 6) is -1.55. The highest BCUT2D eigenvalue weighted by atomic mass is 32.2. The van der Waals surface area contributed by atoms with Crippen LogP contribution in [-0.4, -0.2) is 102 Å². The first-order valence-electron chi connectivity index (χ1n) is 15.6. The average Bonchev–Trinajstić information content (AvgIpc) is 3.68. The number of carbonyl (C=O) groups excluding carboxylic acids is 3. The molecule has 0 bridgehead atoms. The van der Waals surface area contributed by atoms with E-state index in [1.807, 2.05) is 0 Å². The highest BCUT2D eigenvalue weighted by Crippen LogP contribution is 2.44. The number of thiazole rings is 1. The van der Waals surface area contributed by atoms with E-state index in [0.717, 1.165) is 34.6 Å². The highest BCUT2D eigenvalue weighted by Gasteiger charge is 2.55.